The van der Waals surface area contributed by atoms with Gasteiger partial charge in [-0.2, -0.15) is 0 Å². The quantitative estimate of drug-likeness (QED) is 0.281. The maximum absolute atomic E-state index is 13.5. The Hall–Kier alpha value is -4.79. The van der Waals surface area contributed by atoms with E-state index in [2.05, 4.69) is 42.3 Å². The van der Waals surface area contributed by atoms with Gasteiger partial charge in [0.05, 0.1) is 37.6 Å². The van der Waals surface area contributed by atoms with Crippen LogP contribution in [0.4, 0.5) is 4.79 Å². The summed E-state index contributed by atoms with van der Waals surface area (Å²) in [5.74, 6) is 0.225. The lowest BCUT2D eigenvalue weighted by Crippen LogP contribution is -2.46. The molecule has 2 heterocycles. The first-order valence-corrected chi connectivity index (χ1v) is 13.5. The third kappa shape index (κ3) is 6.19. The number of carbonyl (C=O) groups is 2. The fraction of sp³-hybridized carbons (Fsp3) is 0.281. The molecular formula is C32H33N3O6. The van der Waals surface area contributed by atoms with Crippen LogP contribution in [-0.2, 0) is 19.4 Å². The summed E-state index contributed by atoms with van der Waals surface area (Å²) in [4.78, 5) is 30.8. The van der Waals surface area contributed by atoms with Crippen LogP contribution >= 0.6 is 0 Å². The number of nitrogens with zero attached hydrogens (tertiary/aromatic N) is 2. The fourth-order valence-corrected chi connectivity index (χ4v) is 5.32. The van der Waals surface area contributed by atoms with Gasteiger partial charge in [0.25, 0.3) is 0 Å². The minimum atomic E-state index is -0.962. The molecule has 0 spiro atoms. The third-order valence-electron chi connectivity index (χ3n) is 7.36. The van der Waals surface area contributed by atoms with Crippen molar-refractivity contribution in [1.82, 2.24) is 15.2 Å². The Morgan fingerprint density at radius 2 is 1.95 bits per heavy atom. The molecule has 4 aromatic rings. The smallest absolute Gasteiger partial charge is 0.335 e. The molecule has 1 aromatic heterocycles. The molecule has 3 aromatic carbocycles. The summed E-state index contributed by atoms with van der Waals surface area (Å²) < 4.78 is 16.9. The van der Waals surface area contributed by atoms with Crippen LogP contribution in [0.2, 0.25) is 0 Å². The molecule has 0 saturated heterocycles. The number of benzene rings is 3. The molecule has 0 aliphatic carbocycles. The monoisotopic (exact) mass is 555 g/mol. The van der Waals surface area contributed by atoms with Crippen LogP contribution in [0.15, 0.2) is 71.7 Å². The van der Waals surface area contributed by atoms with Gasteiger partial charge in [0.2, 0.25) is 0 Å². The maximum Gasteiger partial charge on any atom is 0.335 e. The van der Waals surface area contributed by atoms with Gasteiger partial charge in [-0.15, -0.1) is 0 Å². The summed E-state index contributed by atoms with van der Waals surface area (Å²) in [6.45, 7) is 5.23. The topological polar surface area (TPSA) is 114 Å². The zero-order valence-corrected chi connectivity index (χ0v) is 23.3. The number of nitrogens with one attached hydrogen (secondary N) is 1. The van der Waals surface area contributed by atoms with Gasteiger partial charge >= 0.3 is 12.0 Å². The molecule has 1 aliphatic heterocycles. The fourth-order valence-electron chi connectivity index (χ4n) is 5.32. The average Bonchev–Trinajstić information content (AvgIpc) is 3.49. The van der Waals surface area contributed by atoms with Crippen LogP contribution in [0.5, 0.6) is 11.5 Å². The number of hydrogen-bond acceptors (Lipinski definition) is 6. The third-order valence-corrected chi connectivity index (χ3v) is 7.36. The van der Waals surface area contributed by atoms with Crippen molar-refractivity contribution >= 4 is 12.0 Å². The van der Waals surface area contributed by atoms with Gasteiger partial charge in [0.1, 0.15) is 6.26 Å². The van der Waals surface area contributed by atoms with Crippen molar-refractivity contribution < 1.29 is 28.6 Å². The van der Waals surface area contributed by atoms with E-state index in [1.54, 1.807) is 25.3 Å². The number of aromatic nitrogens is 1. The normalized spacial score (nSPS) is 14.3. The Kier molecular flexibility index (Phi) is 8.24. The highest BCUT2D eigenvalue weighted by Gasteiger charge is 2.34. The molecule has 9 heteroatoms. The van der Waals surface area contributed by atoms with Gasteiger partial charge in [0, 0.05) is 13.0 Å². The molecule has 1 unspecified atom stereocenters. The minimum Gasteiger partial charge on any atom is -0.493 e. The number of methoxy groups -OCH3 is 1. The summed E-state index contributed by atoms with van der Waals surface area (Å²) in [5, 5.41) is 12.3. The molecule has 1 aliphatic rings. The van der Waals surface area contributed by atoms with Crippen molar-refractivity contribution in [2.45, 2.75) is 39.3 Å². The van der Waals surface area contributed by atoms with E-state index in [1.807, 2.05) is 23.1 Å². The van der Waals surface area contributed by atoms with Gasteiger partial charge in [-0.25, -0.2) is 14.6 Å². The van der Waals surface area contributed by atoms with Gasteiger partial charge < -0.3 is 29.2 Å². The highest BCUT2D eigenvalue weighted by atomic mass is 16.5. The lowest BCUT2D eigenvalue weighted by atomic mass is 9.85. The van der Waals surface area contributed by atoms with Gasteiger partial charge in [-0.05, 0) is 72.4 Å². The second kappa shape index (κ2) is 12.2. The number of ether oxygens (including phenoxy) is 2. The molecular weight excluding hydrogens is 522 g/mol. The van der Waals surface area contributed by atoms with Crippen LogP contribution in [0.1, 0.15) is 55.5 Å². The SMILES string of the molecule is COc1cc2c(cc1OCCc1cccc(C(=O)O)c1)C(c1ccc(C)cc1C)N(C(=O)NCc1cocn1)CC2. The number of fused-ring (bicyclic) bond motifs is 1. The zero-order chi connectivity index (χ0) is 28.9. The Balaban J connectivity index is 1.45. The second-order valence-electron chi connectivity index (χ2n) is 10.2. The van der Waals surface area contributed by atoms with Gasteiger partial charge in [0.15, 0.2) is 17.9 Å². The number of amides is 2. The lowest BCUT2D eigenvalue weighted by Gasteiger charge is -2.38. The Bertz CT molecular complexity index is 1550. The van der Waals surface area contributed by atoms with E-state index >= 15 is 0 Å². The number of hydrogen-bond donors (Lipinski definition) is 2. The molecule has 0 fully saturated rings. The summed E-state index contributed by atoms with van der Waals surface area (Å²) >= 11 is 0. The number of carboxylic acid groups (broad SMARTS) is 1. The highest BCUT2D eigenvalue weighted by molar-refractivity contribution is 5.87. The Labute approximate surface area is 238 Å². The van der Waals surface area contributed by atoms with Crippen molar-refractivity contribution in [3.05, 3.63) is 112 Å². The number of carbonyl (C=O) groups excluding carboxylic acids is 1. The van der Waals surface area contributed by atoms with Gasteiger partial charge in [-0.3, -0.25) is 0 Å². The predicted molar refractivity (Wildman–Crippen MR) is 153 cm³/mol. The summed E-state index contributed by atoms with van der Waals surface area (Å²) in [5.41, 5.74) is 7.10. The summed E-state index contributed by atoms with van der Waals surface area (Å²) in [7, 11) is 1.61. The Morgan fingerprint density at radius 3 is 2.68 bits per heavy atom. The molecule has 5 rings (SSSR count). The number of rotatable bonds is 9. The van der Waals surface area contributed by atoms with E-state index in [1.165, 1.54) is 12.7 Å². The van der Waals surface area contributed by atoms with E-state index in [-0.39, 0.29) is 24.2 Å². The largest absolute Gasteiger partial charge is 0.493 e. The standard InChI is InChI=1S/C32H33N3O6/c1-20-7-8-26(21(2)13-20)30-27-16-29(41-12-10-22-5-4-6-24(14-22)31(36)37)28(39-3)15-23(27)9-11-35(30)32(38)33-17-25-18-40-19-34-25/h4-8,13-16,18-19,30H,9-12,17H2,1-3H3,(H,33,38)(H,36,37). The van der Waals surface area contributed by atoms with E-state index in [9.17, 15) is 14.7 Å². The molecule has 9 nitrogen and oxygen atoms in total. The van der Waals surface area contributed by atoms with E-state index in [4.69, 9.17) is 13.9 Å². The van der Waals surface area contributed by atoms with Crippen molar-refractivity contribution in [2.24, 2.45) is 0 Å². The summed E-state index contributed by atoms with van der Waals surface area (Å²) in [6.07, 6.45) is 4.04. The number of carboxylic acids is 1. The van der Waals surface area contributed by atoms with Crippen molar-refractivity contribution in [2.75, 3.05) is 20.3 Å². The molecule has 1 atom stereocenters. The van der Waals surface area contributed by atoms with Crippen LogP contribution < -0.4 is 14.8 Å². The lowest BCUT2D eigenvalue weighted by molar-refractivity contribution is 0.0696. The molecule has 41 heavy (non-hydrogen) atoms. The van der Waals surface area contributed by atoms with E-state index < -0.39 is 5.97 Å². The minimum absolute atomic E-state index is 0.194. The molecule has 2 amide bonds. The molecule has 0 radical (unpaired) electrons. The van der Waals surface area contributed by atoms with Crippen LogP contribution in [0.3, 0.4) is 0 Å². The molecule has 212 valence electrons. The molecule has 0 bridgehead atoms. The number of oxazole rings is 1. The van der Waals surface area contributed by atoms with Crippen LogP contribution in [0.25, 0.3) is 0 Å². The second-order valence-corrected chi connectivity index (χ2v) is 10.2. The summed E-state index contributed by atoms with van der Waals surface area (Å²) in [6, 6.07) is 16.6. The van der Waals surface area contributed by atoms with Crippen molar-refractivity contribution in [1.29, 1.82) is 0 Å². The first-order chi connectivity index (χ1) is 19.8. The van der Waals surface area contributed by atoms with Crippen molar-refractivity contribution in [3.8, 4) is 11.5 Å². The highest BCUT2D eigenvalue weighted by Crippen LogP contribution is 2.42. The first-order valence-electron chi connectivity index (χ1n) is 13.5. The average molecular weight is 556 g/mol. The van der Waals surface area contributed by atoms with E-state index in [0.717, 1.165) is 33.4 Å². The van der Waals surface area contributed by atoms with Crippen LogP contribution in [0, 0.1) is 13.8 Å². The number of aromatic carboxylic acids is 1. The Morgan fingerprint density at radius 1 is 1.10 bits per heavy atom. The van der Waals surface area contributed by atoms with Gasteiger partial charge in [-0.1, -0.05) is 35.9 Å². The van der Waals surface area contributed by atoms with Crippen molar-refractivity contribution in [3.63, 3.8) is 0 Å². The molecule has 0 saturated carbocycles. The molecule has 2 N–H and O–H groups in total. The van der Waals surface area contributed by atoms with E-state index in [0.29, 0.717) is 43.2 Å². The number of urea groups is 1. The maximum atomic E-state index is 13.5. The first kappa shape index (κ1) is 27.8. The number of aryl methyl sites for hydroxylation is 2. The predicted octanol–water partition coefficient (Wildman–Crippen LogP) is 5.48. The zero-order valence-electron chi connectivity index (χ0n) is 23.3. The van der Waals surface area contributed by atoms with Crippen LogP contribution in [-0.4, -0.2) is 47.3 Å².